The zero-order valence-corrected chi connectivity index (χ0v) is 13.7. The Morgan fingerprint density at radius 1 is 1.20 bits per heavy atom. The van der Waals surface area contributed by atoms with Gasteiger partial charge in [0, 0.05) is 15.2 Å². The van der Waals surface area contributed by atoms with Crippen LogP contribution in [-0.2, 0) is 0 Å². The van der Waals surface area contributed by atoms with Gasteiger partial charge in [-0.15, -0.1) is 0 Å². The van der Waals surface area contributed by atoms with Crippen molar-refractivity contribution in [2.75, 3.05) is 10.6 Å². The molecule has 2 aromatic rings. The average molecular weight is 374 g/mol. The molecule has 2 aromatic carbocycles. The Hall–Kier alpha value is -1.17. The molecule has 0 aliphatic rings. The molecular weight excluding hydrogens is 363 g/mol. The minimum atomic E-state index is -0.383. The molecule has 20 heavy (non-hydrogen) atoms. The van der Waals surface area contributed by atoms with Gasteiger partial charge in [0.15, 0.2) is 5.11 Å². The van der Waals surface area contributed by atoms with Crippen molar-refractivity contribution in [3.8, 4) is 0 Å². The van der Waals surface area contributed by atoms with E-state index >= 15 is 0 Å². The Morgan fingerprint density at radius 2 is 1.90 bits per heavy atom. The van der Waals surface area contributed by atoms with E-state index in [1.54, 1.807) is 18.2 Å². The summed E-state index contributed by atoms with van der Waals surface area (Å²) in [6, 6.07) is 10.2. The number of benzene rings is 2. The number of hydrogen-bond acceptors (Lipinski definition) is 1. The lowest BCUT2D eigenvalue weighted by Gasteiger charge is -2.13. The SMILES string of the molecule is Cc1c(Cl)cccc1NC(=S)Nc1ccc(Br)cc1F. The van der Waals surface area contributed by atoms with Crippen molar-refractivity contribution < 1.29 is 4.39 Å². The van der Waals surface area contributed by atoms with Crippen molar-refractivity contribution in [1.29, 1.82) is 0 Å². The Labute approximate surface area is 135 Å². The summed E-state index contributed by atoms with van der Waals surface area (Å²) in [6.45, 7) is 1.88. The van der Waals surface area contributed by atoms with Crippen molar-refractivity contribution >= 4 is 56.2 Å². The standard InChI is InChI=1S/C14H11BrClFN2S/c1-8-10(16)3-2-4-12(8)18-14(20)19-13-6-5-9(15)7-11(13)17/h2-7H,1H3,(H2,18,19,20). The number of rotatable bonds is 2. The van der Waals surface area contributed by atoms with E-state index in [1.165, 1.54) is 6.07 Å². The van der Waals surface area contributed by atoms with Gasteiger partial charge in [-0.05, 0) is 55.0 Å². The van der Waals surface area contributed by atoms with E-state index in [0.717, 1.165) is 11.3 Å². The smallest absolute Gasteiger partial charge is 0.175 e. The van der Waals surface area contributed by atoms with E-state index in [1.807, 2.05) is 19.1 Å². The van der Waals surface area contributed by atoms with Crippen molar-refractivity contribution in [3.63, 3.8) is 0 Å². The number of hydrogen-bond donors (Lipinski definition) is 2. The van der Waals surface area contributed by atoms with Crippen molar-refractivity contribution in [3.05, 3.63) is 57.3 Å². The molecule has 0 atom stereocenters. The average Bonchev–Trinajstić information content (AvgIpc) is 2.38. The molecule has 0 spiro atoms. The van der Waals surface area contributed by atoms with Gasteiger partial charge in [0.05, 0.1) is 5.69 Å². The van der Waals surface area contributed by atoms with Crippen LogP contribution in [0.2, 0.25) is 5.02 Å². The van der Waals surface area contributed by atoms with Gasteiger partial charge >= 0.3 is 0 Å². The zero-order valence-electron chi connectivity index (χ0n) is 10.5. The first-order chi connectivity index (χ1) is 9.47. The van der Waals surface area contributed by atoms with Crippen LogP contribution in [0.25, 0.3) is 0 Å². The fourth-order valence-corrected chi connectivity index (χ4v) is 2.34. The molecule has 0 fully saturated rings. The normalized spacial score (nSPS) is 10.2. The first-order valence-corrected chi connectivity index (χ1v) is 7.33. The molecule has 0 aliphatic heterocycles. The minimum absolute atomic E-state index is 0.302. The molecule has 0 saturated heterocycles. The van der Waals surface area contributed by atoms with Crippen LogP contribution < -0.4 is 10.6 Å². The number of nitrogens with one attached hydrogen (secondary N) is 2. The summed E-state index contributed by atoms with van der Waals surface area (Å²) in [5.74, 6) is -0.383. The molecule has 6 heteroatoms. The van der Waals surface area contributed by atoms with Crippen LogP contribution in [0, 0.1) is 12.7 Å². The number of halogens is 3. The highest BCUT2D eigenvalue weighted by molar-refractivity contribution is 9.10. The van der Waals surface area contributed by atoms with Crippen molar-refractivity contribution in [2.45, 2.75) is 6.92 Å². The topological polar surface area (TPSA) is 24.1 Å². The Bertz CT molecular complexity index is 664. The molecule has 0 aliphatic carbocycles. The van der Waals surface area contributed by atoms with Crippen LogP contribution in [0.4, 0.5) is 15.8 Å². The Kier molecular flexibility index (Phi) is 4.96. The van der Waals surface area contributed by atoms with Crippen LogP contribution in [0.15, 0.2) is 40.9 Å². The summed E-state index contributed by atoms with van der Waals surface area (Å²) >= 11 is 14.4. The van der Waals surface area contributed by atoms with Gasteiger partial charge < -0.3 is 10.6 Å². The quantitative estimate of drug-likeness (QED) is 0.693. The van der Waals surface area contributed by atoms with Crippen LogP contribution in [-0.4, -0.2) is 5.11 Å². The molecule has 0 aromatic heterocycles. The van der Waals surface area contributed by atoms with E-state index in [0.29, 0.717) is 20.3 Å². The molecule has 0 amide bonds. The molecule has 2 rings (SSSR count). The van der Waals surface area contributed by atoms with Crippen molar-refractivity contribution in [2.24, 2.45) is 0 Å². The molecule has 0 saturated carbocycles. The third-order valence-electron chi connectivity index (χ3n) is 2.70. The largest absolute Gasteiger partial charge is 0.332 e. The summed E-state index contributed by atoms with van der Waals surface area (Å²) < 4.78 is 14.4. The van der Waals surface area contributed by atoms with Gasteiger partial charge in [-0.1, -0.05) is 33.6 Å². The van der Waals surface area contributed by atoms with Gasteiger partial charge in [-0.25, -0.2) is 4.39 Å². The summed E-state index contributed by atoms with van der Waals surface area (Å²) in [5, 5.41) is 6.76. The highest BCUT2D eigenvalue weighted by Gasteiger charge is 2.07. The number of thiocarbonyl (C=S) groups is 1. The molecule has 0 radical (unpaired) electrons. The summed E-state index contributed by atoms with van der Waals surface area (Å²) in [6.07, 6.45) is 0. The molecule has 0 bridgehead atoms. The van der Waals surface area contributed by atoms with Gasteiger partial charge in [0.25, 0.3) is 0 Å². The third kappa shape index (κ3) is 3.69. The number of anilines is 2. The molecule has 2 nitrogen and oxygen atoms in total. The first kappa shape index (κ1) is 15.2. The van der Waals surface area contributed by atoms with E-state index < -0.39 is 0 Å². The summed E-state index contributed by atoms with van der Waals surface area (Å²) in [5.41, 5.74) is 1.98. The monoisotopic (exact) mass is 372 g/mol. The Balaban J connectivity index is 2.11. The van der Waals surface area contributed by atoms with Crippen LogP contribution in [0.5, 0.6) is 0 Å². The zero-order chi connectivity index (χ0) is 14.7. The molecule has 104 valence electrons. The highest BCUT2D eigenvalue weighted by Crippen LogP contribution is 2.24. The van der Waals surface area contributed by atoms with Gasteiger partial charge in [-0.3, -0.25) is 0 Å². The molecular formula is C14H11BrClFN2S. The fourth-order valence-electron chi connectivity index (χ4n) is 1.61. The maximum atomic E-state index is 13.7. The van der Waals surface area contributed by atoms with Gasteiger partial charge in [0.1, 0.15) is 5.82 Å². The predicted molar refractivity (Wildman–Crippen MR) is 90.1 cm³/mol. The maximum absolute atomic E-state index is 13.7. The lowest BCUT2D eigenvalue weighted by Crippen LogP contribution is -2.20. The summed E-state index contributed by atoms with van der Waals surface area (Å²) in [4.78, 5) is 0. The van der Waals surface area contributed by atoms with Gasteiger partial charge in [-0.2, -0.15) is 0 Å². The summed E-state index contributed by atoms with van der Waals surface area (Å²) in [7, 11) is 0. The van der Waals surface area contributed by atoms with Crippen LogP contribution in [0.3, 0.4) is 0 Å². The second-order valence-electron chi connectivity index (χ2n) is 4.12. The van der Waals surface area contributed by atoms with Gasteiger partial charge in [0.2, 0.25) is 0 Å². The lowest BCUT2D eigenvalue weighted by atomic mass is 10.2. The maximum Gasteiger partial charge on any atom is 0.175 e. The van der Waals surface area contributed by atoms with Crippen LogP contribution >= 0.6 is 39.7 Å². The lowest BCUT2D eigenvalue weighted by molar-refractivity contribution is 0.631. The minimum Gasteiger partial charge on any atom is -0.332 e. The van der Waals surface area contributed by atoms with E-state index in [2.05, 4.69) is 26.6 Å². The molecule has 0 unspecified atom stereocenters. The Morgan fingerprint density at radius 3 is 2.60 bits per heavy atom. The molecule has 2 N–H and O–H groups in total. The fraction of sp³-hybridized carbons (Fsp3) is 0.0714. The highest BCUT2D eigenvalue weighted by atomic mass is 79.9. The van der Waals surface area contributed by atoms with Crippen LogP contribution in [0.1, 0.15) is 5.56 Å². The van der Waals surface area contributed by atoms with E-state index in [9.17, 15) is 4.39 Å². The third-order valence-corrected chi connectivity index (χ3v) is 3.80. The predicted octanol–water partition coefficient (Wildman–Crippen LogP) is 5.36. The second-order valence-corrected chi connectivity index (χ2v) is 5.85. The van der Waals surface area contributed by atoms with E-state index in [4.69, 9.17) is 23.8 Å². The van der Waals surface area contributed by atoms with Crippen molar-refractivity contribution in [1.82, 2.24) is 0 Å². The molecule has 0 heterocycles. The van der Waals surface area contributed by atoms with E-state index in [-0.39, 0.29) is 5.82 Å². The first-order valence-electron chi connectivity index (χ1n) is 5.75. The second kappa shape index (κ2) is 6.52.